The molecule has 3 aromatic heterocycles. The molecule has 0 saturated heterocycles. The van der Waals surface area contributed by atoms with E-state index in [9.17, 15) is 9.18 Å². The van der Waals surface area contributed by atoms with E-state index in [1.807, 2.05) is 29.8 Å². The van der Waals surface area contributed by atoms with Crippen LogP contribution in [0, 0.1) is 12.7 Å². The lowest BCUT2D eigenvalue weighted by Gasteiger charge is -2.28. The van der Waals surface area contributed by atoms with Gasteiger partial charge in [-0.3, -0.25) is 9.20 Å². The first-order chi connectivity index (χ1) is 12.6. The van der Waals surface area contributed by atoms with E-state index in [1.165, 1.54) is 23.5 Å². The van der Waals surface area contributed by atoms with Gasteiger partial charge in [0.15, 0.2) is 10.6 Å². The van der Waals surface area contributed by atoms with Crippen molar-refractivity contribution in [1.29, 1.82) is 0 Å². The molecular formula is C19H13FN2O2S2. The Kier molecular flexibility index (Phi) is 3.32. The summed E-state index contributed by atoms with van der Waals surface area (Å²) < 4.78 is 21.4. The minimum absolute atomic E-state index is 0.0932. The fourth-order valence-electron chi connectivity index (χ4n) is 3.45. The first-order valence-corrected chi connectivity index (χ1v) is 9.83. The van der Waals surface area contributed by atoms with Crippen LogP contribution in [0.5, 0.6) is 5.88 Å². The lowest BCUT2D eigenvalue weighted by atomic mass is 9.88. The Labute approximate surface area is 156 Å². The first kappa shape index (κ1) is 15.7. The number of nitrogens with zero attached hydrogens (tertiary/aromatic N) is 2. The molecule has 0 aliphatic carbocycles. The fraction of sp³-hybridized carbons (Fsp3) is 0.158. The highest BCUT2D eigenvalue weighted by Gasteiger charge is 2.46. The highest BCUT2D eigenvalue weighted by Crippen LogP contribution is 2.45. The summed E-state index contributed by atoms with van der Waals surface area (Å²) >= 11 is 2.97. The molecule has 0 fully saturated rings. The molecular weight excluding hydrogens is 371 g/mol. The van der Waals surface area contributed by atoms with Gasteiger partial charge in [0.05, 0.1) is 10.4 Å². The van der Waals surface area contributed by atoms with Gasteiger partial charge in [0.1, 0.15) is 5.82 Å². The van der Waals surface area contributed by atoms with Crippen molar-refractivity contribution in [2.24, 2.45) is 0 Å². The van der Waals surface area contributed by atoms with Crippen LogP contribution in [-0.2, 0) is 12.0 Å². The topological polar surface area (TPSA) is 43.6 Å². The van der Waals surface area contributed by atoms with Gasteiger partial charge in [0, 0.05) is 23.1 Å². The standard InChI is InChI=1S/C19H13FN2O2S2/c1-11-10-26-18-21-16-14(17(23)22(11)18)9-19(24-16,15-3-2-8-25-15)12-4-6-13(20)7-5-12/h2-8,10H,9H2,1H3. The molecule has 0 radical (unpaired) electrons. The third kappa shape index (κ3) is 2.10. The van der Waals surface area contributed by atoms with Gasteiger partial charge < -0.3 is 4.74 Å². The summed E-state index contributed by atoms with van der Waals surface area (Å²) in [4.78, 5) is 19.2. The number of halogens is 1. The van der Waals surface area contributed by atoms with E-state index in [-0.39, 0.29) is 11.4 Å². The second kappa shape index (κ2) is 5.49. The summed E-state index contributed by atoms with van der Waals surface area (Å²) in [5.41, 5.74) is 1.28. The second-order valence-corrected chi connectivity index (χ2v) is 8.07. The molecule has 0 N–H and O–H groups in total. The number of ether oxygens (including phenoxy) is 1. The van der Waals surface area contributed by atoms with Crippen LogP contribution in [0.15, 0.2) is 52.0 Å². The Morgan fingerprint density at radius 2 is 2.04 bits per heavy atom. The zero-order valence-corrected chi connectivity index (χ0v) is 15.4. The summed E-state index contributed by atoms with van der Waals surface area (Å²) in [6.07, 6.45) is 0.374. The van der Waals surface area contributed by atoms with Crippen LogP contribution in [0.1, 0.15) is 21.7 Å². The molecule has 0 spiro atoms. The molecule has 1 unspecified atom stereocenters. The summed E-state index contributed by atoms with van der Waals surface area (Å²) in [6.45, 7) is 1.89. The Balaban J connectivity index is 1.75. The Morgan fingerprint density at radius 1 is 1.23 bits per heavy atom. The molecule has 4 aromatic rings. The molecule has 1 atom stereocenters. The summed E-state index contributed by atoms with van der Waals surface area (Å²) in [7, 11) is 0. The van der Waals surface area contributed by atoms with Gasteiger partial charge in [-0.2, -0.15) is 4.98 Å². The largest absolute Gasteiger partial charge is 0.460 e. The third-order valence-corrected chi connectivity index (χ3v) is 6.68. The number of hydrogen-bond acceptors (Lipinski definition) is 5. The number of fused-ring (bicyclic) bond motifs is 2. The summed E-state index contributed by atoms with van der Waals surface area (Å²) in [5.74, 6) is 0.0644. The van der Waals surface area contributed by atoms with Crippen molar-refractivity contribution in [2.75, 3.05) is 0 Å². The van der Waals surface area contributed by atoms with E-state index in [4.69, 9.17) is 4.74 Å². The van der Waals surface area contributed by atoms with Crippen LogP contribution < -0.4 is 10.3 Å². The predicted molar refractivity (Wildman–Crippen MR) is 99.9 cm³/mol. The van der Waals surface area contributed by atoms with Gasteiger partial charge in [0.25, 0.3) is 5.56 Å². The van der Waals surface area contributed by atoms with Crippen LogP contribution in [0.25, 0.3) is 4.96 Å². The van der Waals surface area contributed by atoms with Gasteiger partial charge in [0.2, 0.25) is 5.88 Å². The van der Waals surface area contributed by atoms with Crippen molar-refractivity contribution < 1.29 is 9.13 Å². The number of hydrogen-bond donors (Lipinski definition) is 0. The maximum absolute atomic E-state index is 13.5. The Bertz CT molecular complexity index is 1180. The normalized spacial score (nSPS) is 18.8. The van der Waals surface area contributed by atoms with Crippen molar-refractivity contribution in [2.45, 2.75) is 18.9 Å². The maximum Gasteiger partial charge on any atom is 0.265 e. The quantitative estimate of drug-likeness (QED) is 0.522. The predicted octanol–water partition coefficient (Wildman–Crippen LogP) is 4.14. The fourth-order valence-corrected chi connectivity index (χ4v) is 5.18. The van der Waals surface area contributed by atoms with Crippen LogP contribution in [0.4, 0.5) is 4.39 Å². The third-order valence-electron chi connectivity index (χ3n) is 4.72. The van der Waals surface area contributed by atoms with E-state index in [0.29, 0.717) is 22.8 Å². The van der Waals surface area contributed by atoms with E-state index in [2.05, 4.69) is 4.98 Å². The highest BCUT2D eigenvalue weighted by molar-refractivity contribution is 7.15. The van der Waals surface area contributed by atoms with E-state index in [0.717, 1.165) is 16.1 Å². The zero-order valence-electron chi connectivity index (χ0n) is 13.7. The van der Waals surface area contributed by atoms with Crippen LogP contribution >= 0.6 is 22.7 Å². The van der Waals surface area contributed by atoms with Gasteiger partial charge in [-0.1, -0.05) is 18.2 Å². The van der Waals surface area contributed by atoms with Gasteiger partial charge >= 0.3 is 0 Å². The van der Waals surface area contributed by atoms with Gasteiger partial charge in [-0.15, -0.1) is 22.7 Å². The van der Waals surface area contributed by atoms with Crippen molar-refractivity contribution in [3.05, 3.63) is 85.0 Å². The molecule has 0 saturated carbocycles. The minimum Gasteiger partial charge on any atom is -0.460 e. The molecule has 1 aromatic carbocycles. The molecule has 0 bridgehead atoms. The van der Waals surface area contributed by atoms with Gasteiger partial charge in [-0.25, -0.2) is 4.39 Å². The summed E-state index contributed by atoms with van der Waals surface area (Å²) in [6, 6.07) is 10.2. The van der Waals surface area contributed by atoms with Crippen LogP contribution in [0.2, 0.25) is 0 Å². The molecule has 4 nitrogen and oxygen atoms in total. The Morgan fingerprint density at radius 3 is 2.77 bits per heavy atom. The SMILES string of the molecule is Cc1csc2nc3c(c(=O)n12)CC(c1ccc(F)cc1)(c1cccs1)O3. The zero-order chi connectivity index (χ0) is 17.9. The van der Waals surface area contributed by atoms with Crippen LogP contribution in [0.3, 0.4) is 0 Å². The molecule has 1 aliphatic rings. The summed E-state index contributed by atoms with van der Waals surface area (Å²) in [5, 5.41) is 3.88. The molecule has 26 heavy (non-hydrogen) atoms. The second-order valence-electron chi connectivity index (χ2n) is 6.29. The smallest absolute Gasteiger partial charge is 0.265 e. The molecule has 4 heterocycles. The Hall–Kier alpha value is -2.51. The number of aryl methyl sites for hydroxylation is 1. The number of rotatable bonds is 2. The average molecular weight is 384 g/mol. The first-order valence-electron chi connectivity index (χ1n) is 8.07. The number of benzene rings is 1. The number of thiazole rings is 1. The van der Waals surface area contributed by atoms with Gasteiger partial charge in [-0.05, 0) is 30.5 Å². The average Bonchev–Trinajstić information content (AvgIpc) is 3.35. The molecule has 0 amide bonds. The van der Waals surface area contributed by atoms with Crippen molar-refractivity contribution >= 4 is 27.6 Å². The minimum atomic E-state index is -0.853. The maximum atomic E-state index is 13.5. The number of thiophene rings is 1. The lowest BCUT2D eigenvalue weighted by molar-refractivity contribution is 0.139. The van der Waals surface area contributed by atoms with Crippen molar-refractivity contribution in [3.8, 4) is 5.88 Å². The monoisotopic (exact) mass is 384 g/mol. The molecule has 5 rings (SSSR count). The van der Waals surface area contributed by atoms with E-state index >= 15 is 0 Å². The van der Waals surface area contributed by atoms with E-state index in [1.54, 1.807) is 27.9 Å². The highest BCUT2D eigenvalue weighted by atomic mass is 32.1. The van der Waals surface area contributed by atoms with Crippen LogP contribution in [-0.4, -0.2) is 9.38 Å². The van der Waals surface area contributed by atoms with Crippen molar-refractivity contribution in [1.82, 2.24) is 9.38 Å². The number of aromatic nitrogens is 2. The molecule has 7 heteroatoms. The van der Waals surface area contributed by atoms with E-state index < -0.39 is 5.60 Å². The molecule has 130 valence electrons. The lowest BCUT2D eigenvalue weighted by Crippen LogP contribution is -2.32. The molecule has 1 aliphatic heterocycles. The van der Waals surface area contributed by atoms with Crippen molar-refractivity contribution in [3.63, 3.8) is 0 Å².